The summed E-state index contributed by atoms with van der Waals surface area (Å²) in [5.41, 5.74) is 2.20. The third-order valence-corrected chi connectivity index (χ3v) is 5.10. The lowest BCUT2D eigenvalue weighted by Gasteiger charge is -2.09. The first-order chi connectivity index (χ1) is 12.2. The first kappa shape index (κ1) is 15.8. The van der Waals surface area contributed by atoms with Crippen molar-refractivity contribution in [3.8, 4) is 11.5 Å². The van der Waals surface area contributed by atoms with Gasteiger partial charge in [-0.1, -0.05) is 42.1 Å². The van der Waals surface area contributed by atoms with Crippen molar-refractivity contribution in [1.29, 1.82) is 0 Å². The number of carbonyl (C=O) groups is 1. The number of aryl methyl sites for hydroxylation is 1. The molecular formula is C18H14FN3O2S. The summed E-state index contributed by atoms with van der Waals surface area (Å²) >= 11 is 1.20. The topological polar surface area (TPSA) is 68.0 Å². The predicted molar refractivity (Wildman–Crippen MR) is 92.7 cm³/mol. The normalized spacial score (nSPS) is 16.8. The van der Waals surface area contributed by atoms with Gasteiger partial charge in [0.25, 0.3) is 11.1 Å². The highest BCUT2D eigenvalue weighted by atomic mass is 32.2. The number of carbonyl (C=O) groups excluding carboxylic acids is 1. The smallest absolute Gasteiger partial charge is 0.277 e. The fourth-order valence-corrected chi connectivity index (χ4v) is 3.59. The number of rotatable bonds is 3. The lowest BCUT2D eigenvalue weighted by atomic mass is 10.1. The number of thioether (sulfide) groups is 1. The van der Waals surface area contributed by atoms with Crippen LogP contribution < -0.4 is 5.32 Å². The van der Waals surface area contributed by atoms with Crippen molar-refractivity contribution < 1.29 is 13.6 Å². The Labute approximate surface area is 147 Å². The average Bonchev–Trinajstić information content (AvgIpc) is 3.01. The molecule has 1 amide bonds. The van der Waals surface area contributed by atoms with E-state index in [9.17, 15) is 9.18 Å². The summed E-state index contributed by atoms with van der Waals surface area (Å²) in [5, 5.41) is 10.7. The zero-order valence-electron chi connectivity index (χ0n) is 13.1. The summed E-state index contributed by atoms with van der Waals surface area (Å²) in [7, 11) is 0. The summed E-state index contributed by atoms with van der Waals surface area (Å²) in [4.78, 5) is 12.4. The Morgan fingerprint density at radius 1 is 1.12 bits per heavy atom. The Kier molecular flexibility index (Phi) is 4.23. The number of halogens is 1. The van der Waals surface area contributed by atoms with Crippen LogP contribution in [0.4, 0.5) is 10.1 Å². The number of aromatic nitrogens is 2. The van der Waals surface area contributed by atoms with Gasteiger partial charge in [-0.05, 0) is 36.6 Å². The van der Waals surface area contributed by atoms with Crippen LogP contribution in [0.1, 0.15) is 12.0 Å². The quantitative estimate of drug-likeness (QED) is 0.771. The molecule has 7 heteroatoms. The average molecular weight is 355 g/mol. The number of fused-ring (bicyclic) bond motifs is 1. The number of hydrogen-bond acceptors (Lipinski definition) is 5. The highest BCUT2D eigenvalue weighted by molar-refractivity contribution is 8.00. The van der Waals surface area contributed by atoms with Crippen molar-refractivity contribution in [1.82, 2.24) is 10.2 Å². The van der Waals surface area contributed by atoms with Crippen LogP contribution in [-0.4, -0.2) is 21.4 Å². The molecule has 1 aliphatic rings. The van der Waals surface area contributed by atoms with Crippen LogP contribution in [0.2, 0.25) is 0 Å². The van der Waals surface area contributed by atoms with E-state index in [2.05, 4.69) is 15.5 Å². The molecule has 0 fully saturated rings. The fourth-order valence-electron chi connectivity index (χ4n) is 2.73. The van der Waals surface area contributed by atoms with E-state index in [1.165, 1.54) is 17.8 Å². The number of hydrogen-bond donors (Lipinski definition) is 1. The second-order valence-corrected chi connectivity index (χ2v) is 6.80. The van der Waals surface area contributed by atoms with E-state index in [4.69, 9.17) is 4.42 Å². The van der Waals surface area contributed by atoms with Crippen LogP contribution in [0, 0.1) is 5.82 Å². The van der Waals surface area contributed by atoms with Crippen LogP contribution in [0.15, 0.2) is 58.2 Å². The molecule has 0 saturated carbocycles. The molecule has 25 heavy (non-hydrogen) atoms. The second-order valence-electron chi connectivity index (χ2n) is 5.64. The predicted octanol–water partition coefficient (Wildman–Crippen LogP) is 3.92. The number of nitrogens with zero attached hydrogens (tertiary/aromatic N) is 2. The number of benzene rings is 2. The van der Waals surface area contributed by atoms with Gasteiger partial charge in [-0.3, -0.25) is 4.79 Å². The minimum Gasteiger partial charge on any atom is -0.411 e. The molecule has 0 spiro atoms. The zero-order valence-corrected chi connectivity index (χ0v) is 13.9. The van der Waals surface area contributed by atoms with Gasteiger partial charge >= 0.3 is 0 Å². The molecule has 5 nitrogen and oxygen atoms in total. The van der Waals surface area contributed by atoms with Crippen LogP contribution in [-0.2, 0) is 11.2 Å². The summed E-state index contributed by atoms with van der Waals surface area (Å²) in [6.45, 7) is 0. The molecule has 1 unspecified atom stereocenters. The van der Waals surface area contributed by atoms with Crippen LogP contribution in [0.25, 0.3) is 11.5 Å². The minimum absolute atomic E-state index is 0.0967. The van der Waals surface area contributed by atoms with E-state index in [1.54, 1.807) is 18.2 Å². The molecule has 1 N–H and O–H groups in total. The van der Waals surface area contributed by atoms with Crippen molar-refractivity contribution >= 4 is 23.4 Å². The zero-order chi connectivity index (χ0) is 17.2. The van der Waals surface area contributed by atoms with Crippen molar-refractivity contribution in [3.05, 3.63) is 59.9 Å². The Morgan fingerprint density at radius 2 is 1.92 bits per heavy atom. The lowest BCUT2D eigenvalue weighted by molar-refractivity contribution is -0.115. The number of anilines is 1. The molecule has 3 aromatic rings. The Hall–Kier alpha value is -2.67. The third kappa shape index (κ3) is 3.28. The van der Waals surface area contributed by atoms with Crippen molar-refractivity contribution in [3.63, 3.8) is 0 Å². The molecule has 2 aromatic carbocycles. The summed E-state index contributed by atoms with van der Waals surface area (Å²) in [6, 6.07) is 14.0. The Balaban J connectivity index is 1.52. The van der Waals surface area contributed by atoms with E-state index in [1.807, 2.05) is 24.3 Å². The number of amides is 1. The first-order valence-electron chi connectivity index (χ1n) is 7.84. The van der Waals surface area contributed by atoms with Crippen molar-refractivity contribution in [2.75, 3.05) is 5.32 Å². The summed E-state index contributed by atoms with van der Waals surface area (Å²) in [6.07, 6.45) is 1.44. The van der Waals surface area contributed by atoms with Crippen molar-refractivity contribution in [2.24, 2.45) is 0 Å². The maximum atomic E-state index is 13.8. The minimum atomic E-state index is -0.426. The van der Waals surface area contributed by atoms with Gasteiger partial charge in [-0.25, -0.2) is 4.39 Å². The Morgan fingerprint density at radius 3 is 2.80 bits per heavy atom. The van der Waals surface area contributed by atoms with Crippen molar-refractivity contribution in [2.45, 2.75) is 23.3 Å². The standard InChI is InChI=1S/C18H14FN3O2S/c19-13-7-3-2-6-12(13)17-21-22-18(24-17)25-15-10-9-11-5-1-4-8-14(11)20-16(15)23/h1-8,15H,9-10H2,(H,20,23). The van der Waals surface area contributed by atoms with Crippen LogP contribution >= 0.6 is 11.8 Å². The van der Waals surface area contributed by atoms with E-state index >= 15 is 0 Å². The van der Waals surface area contributed by atoms with Gasteiger partial charge in [0.1, 0.15) is 5.82 Å². The molecule has 0 bridgehead atoms. The largest absolute Gasteiger partial charge is 0.411 e. The molecule has 1 atom stereocenters. The van der Waals surface area contributed by atoms with Gasteiger partial charge in [0, 0.05) is 5.69 Å². The van der Waals surface area contributed by atoms with Crippen LogP contribution in [0.5, 0.6) is 0 Å². The molecule has 2 heterocycles. The SMILES string of the molecule is O=C1Nc2ccccc2CCC1Sc1nnc(-c2ccccc2F)o1. The van der Waals surface area contributed by atoms with Crippen LogP contribution in [0.3, 0.4) is 0 Å². The van der Waals surface area contributed by atoms with Gasteiger partial charge in [0.05, 0.1) is 10.8 Å². The van der Waals surface area contributed by atoms with E-state index in [-0.39, 0.29) is 27.8 Å². The molecule has 1 aromatic heterocycles. The fraction of sp³-hybridized carbons (Fsp3) is 0.167. The summed E-state index contributed by atoms with van der Waals surface area (Å²) in [5.74, 6) is -0.413. The Bertz CT molecular complexity index is 928. The van der Waals surface area contributed by atoms with Gasteiger partial charge in [0.15, 0.2) is 0 Å². The first-order valence-corrected chi connectivity index (χ1v) is 8.72. The second kappa shape index (κ2) is 6.68. The van der Waals surface area contributed by atoms with E-state index in [0.717, 1.165) is 17.7 Å². The lowest BCUT2D eigenvalue weighted by Crippen LogP contribution is -2.23. The number of nitrogens with one attached hydrogen (secondary N) is 1. The monoisotopic (exact) mass is 355 g/mol. The molecular weight excluding hydrogens is 341 g/mol. The van der Waals surface area contributed by atoms with E-state index < -0.39 is 5.82 Å². The van der Waals surface area contributed by atoms with Gasteiger partial charge in [-0.2, -0.15) is 0 Å². The third-order valence-electron chi connectivity index (χ3n) is 4.00. The van der Waals surface area contributed by atoms with Gasteiger partial charge in [0.2, 0.25) is 5.91 Å². The number of para-hydroxylation sites is 1. The molecule has 1 aliphatic heterocycles. The highest BCUT2D eigenvalue weighted by Gasteiger charge is 2.26. The molecule has 0 aliphatic carbocycles. The molecule has 126 valence electrons. The summed E-state index contributed by atoms with van der Waals surface area (Å²) < 4.78 is 19.4. The molecule has 0 saturated heterocycles. The molecule has 0 radical (unpaired) electrons. The van der Waals surface area contributed by atoms with Gasteiger partial charge < -0.3 is 9.73 Å². The van der Waals surface area contributed by atoms with Gasteiger partial charge in [-0.15, -0.1) is 10.2 Å². The van der Waals surface area contributed by atoms with E-state index in [0.29, 0.717) is 6.42 Å². The maximum Gasteiger partial charge on any atom is 0.277 e. The highest BCUT2D eigenvalue weighted by Crippen LogP contribution is 2.32. The molecule has 4 rings (SSSR count). The maximum absolute atomic E-state index is 13.8.